The van der Waals surface area contributed by atoms with E-state index in [1.807, 2.05) is 60.7 Å². The summed E-state index contributed by atoms with van der Waals surface area (Å²) in [6.45, 7) is 6.56. The molecule has 4 rings (SSSR count). The summed E-state index contributed by atoms with van der Waals surface area (Å²) in [4.78, 5) is 17.9. The summed E-state index contributed by atoms with van der Waals surface area (Å²) >= 11 is 0. The highest BCUT2D eigenvalue weighted by atomic mass is 16.5. The molecule has 1 amide bonds. The largest absolute Gasteiger partial charge is 0.481 e. The maximum atomic E-state index is 13.3. The van der Waals surface area contributed by atoms with Crippen molar-refractivity contribution in [3.8, 4) is 0 Å². The Hall–Kier alpha value is -3.90. The Morgan fingerprint density at radius 2 is 1.57 bits per heavy atom. The molecule has 0 aliphatic carbocycles. The third-order valence-electron chi connectivity index (χ3n) is 6.06. The topological polar surface area (TPSA) is 70.4 Å². The molecule has 6 heteroatoms. The summed E-state index contributed by atoms with van der Waals surface area (Å²) in [5.41, 5.74) is 4.89. The average Bonchev–Trinajstić information content (AvgIpc) is 2.88. The Labute approximate surface area is 207 Å². The van der Waals surface area contributed by atoms with Crippen molar-refractivity contribution in [2.45, 2.75) is 20.1 Å². The number of nitrogens with zero attached hydrogens (tertiary/aromatic N) is 2. The van der Waals surface area contributed by atoms with Gasteiger partial charge in [-0.15, -0.1) is 0 Å². The molecule has 1 saturated heterocycles. The average molecular weight is 470 g/mol. The third-order valence-corrected chi connectivity index (χ3v) is 6.06. The van der Waals surface area contributed by atoms with Gasteiger partial charge in [-0.2, -0.15) is 0 Å². The minimum absolute atomic E-state index is 0.229. The van der Waals surface area contributed by atoms with Crippen LogP contribution in [-0.2, 0) is 22.7 Å². The van der Waals surface area contributed by atoms with E-state index >= 15 is 0 Å². The van der Waals surface area contributed by atoms with Crippen molar-refractivity contribution in [1.82, 2.24) is 9.80 Å². The Bertz CT molecular complexity index is 1150. The van der Waals surface area contributed by atoms with Crippen molar-refractivity contribution in [3.05, 3.63) is 113 Å². The highest BCUT2D eigenvalue weighted by molar-refractivity contribution is 6.05. The van der Waals surface area contributed by atoms with Crippen LogP contribution in [0, 0.1) is 6.92 Å². The van der Waals surface area contributed by atoms with E-state index in [2.05, 4.69) is 46.3 Å². The predicted octanol–water partition coefficient (Wildman–Crippen LogP) is 3.01. The fourth-order valence-corrected chi connectivity index (χ4v) is 4.24. The molecular formula is C29H33N4O2+. The Morgan fingerprint density at radius 3 is 2.23 bits per heavy atom. The zero-order valence-corrected chi connectivity index (χ0v) is 20.2. The lowest BCUT2D eigenvalue weighted by molar-refractivity contribution is -0.117. The van der Waals surface area contributed by atoms with Gasteiger partial charge in [0, 0.05) is 38.4 Å². The minimum Gasteiger partial charge on any atom is -0.481 e. The van der Waals surface area contributed by atoms with Crippen LogP contribution in [0.5, 0.6) is 0 Å². The molecule has 0 aromatic heterocycles. The van der Waals surface area contributed by atoms with Crippen molar-refractivity contribution in [2.75, 3.05) is 31.5 Å². The first-order chi connectivity index (χ1) is 17.1. The number of piperazine rings is 1. The second-order valence-electron chi connectivity index (χ2n) is 8.73. The predicted molar refractivity (Wildman–Crippen MR) is 139 cm³/mol. The SMILES string of the molecule is Cc1cccc(CN2CCN(/C(C=[NH2+])=C(\OCc3ccccc3)C(=O)Nc3ccccc3)CC2)c1. The number of carbonyl (C=O) groups excluding carboxylic acids is 1. The van der Waals surface area contributed by atoms with Crippen LogP contribution in [0.3, 0.4) is 0 Å². The van der Waals surface area contributed by atoms with Crippen LogP contribution in [0.1, 0.15) is 16.7 Å². The summed E-state index contributed by atoms with van der Waals surface area (Å²) < 4.78 is 6.11. The molecule has 1 aliphatic rings. The molecule has 1 fully saturated rings. The van der Waals surface area contributed by atoms with Gasteiger partial charge in [0.15, 0.2) is 6.21 Å². The van der Waals surface area contributed by atoms with E-state index < -0.39 is 0 Å². The Kier molecular flexibility index (Phi) is 8.30. The number of allylic oxidation sites excluding steroid dienone is 1. The second-order valence-corrected chi connectivity index (χ2v) is 8.73. The van der Waals surface area contributed by atoms with Gasteiger partial charge in [-0.1, -0.05) is 78.4 Å². The molecule has 0 radical (unpaired) electrons. The van der Waals surface area contributed by atoms with E-state index in [4.69, 9.17) is 10.1 Å². The summed E-state index contributed by atoms with van der Waals surface area (Å²) in [5.74, 6) is -0.0849. The third kappa shape index (κ3) is 6.80. The molecule has 35 heavy (non-hydrogen) atoms. The van der Waals surface area contributed by atoms with Gasteiger partial charge in [0.2, 0.25) is 5.76 Å². The summed E-state index contributed by atoms with van der Waals surface area (Å²) in [7, 11) is 0. The number of carbonyl (C=O) groups is 1. The molecule has 0 atom stereocenters. The molecule has 0 unspecified atom stereocenters. The normalized spacial score (nSPS) is 14.7. The molecule has 6 nitrogen and oxygen atoms in total. The molecule has 1 heterocycles. The number of nitrogens with one attached hydrogen (secondary N) is 1. The van der Waals surface area contributed by atoms with Gasteiger partial charge in [0.1, 0.15) is 12.3 Å². The fourth-order valence-electron chi connectivity index (χ4n) is 4.24. The maximum absolute atomic E-state index is 13.3. The van der Waals surface area contributed by atoms with Gasteiger partial charge in [-0.3, -0.25) is 15.1 Å². The lowest BCUT2D eigenvalue weighted by Crippen LogP contribution is -2.48. The molecule has 1 aliphatic heterocycles. The number of anilines is 1. The second kappa shape index (κ2) is 12.0. The quantitative estimate of drug-likeness (QED) is 0.287. The molecule has 3 aromatic carbocycles. The number of para-hydroxylation sites is 1. The van der Waals surface area contributed by atoms with E-state index in [0.29, 0.717) is 11.4 Å². The van der Waals surface area contributed by atoms with Crippen LogP contribution in [0.4, 0.5) is 5.69 Å². The summed E-state index contributed by atoms with van der Waals surface area (Å²) in [6, 6.07) is 27.8. The number of nitrogens with two attached hydrogens (primary N) is 1. The summed E-state index contributed by atoms with van der Waals surface area (Å²) in [5, 5.41) is 9.03. The molecule has 0 spiro atoms. The number of amides is 1. The van der Waals surface area contributed by atoms with Gasteiger partial charge in [-0.25, -0.2) is 0 Å². The highest BCUT2D eigenvalue weighted by Gasteiger charge is 2.26. The molecule has 0 saturated carbocycles. The Morgan fingerprint density at radius 1 is 0.914 bits per heavy atom. The molecule has 0 bridgehead atoms. The maximum Gasteiger partial charge on any atom is 0.293 e. The van der Waals surface area contributed by atoms with Crippen LogP contribution in [0.15, 0.2) is 96.4 Å². The van der Waals surface area contributed by atoms with Crippen LogP contribution < -0.4 is 10.7 Å². The van der Waals surface area contributed by atoms with Crippen LogP contribution in [0.25, 0.3) is 0 Å². The monoisotopic (exact) mass is 469 g/mol. The van der Waals surface area contributed by atoms with E-state index in [1.54, 1.807) is 0 Å². The van der Waals surface area contributed by atoms with Crippen LogP contribution >= 0.6 is 0 Å². The molecule has 3 N–H and O–H groups in total. The highest BCUT2D eigenvalue weighted by Crippen LogP contribution is 2.19. The van der Waals surface area contributed by atoms with Crippen molar-refractivity contribution < 1.29 is 14.9 Å². The lowest BCUT2D eigenvalue weighted by Gasteiger charge is -2.36. The fraction of sp³-hybridized carbons (Fsp3) is 0.241. The molecule has 180 valence electrons. The van der Waals surface area contributed by atoms with Crippen molar-refractivity contribution >= 4 is 17.8 Å². The van der Waals surface area contributed by atoms with E-state index in [1.165, 1.54) is 17.3 Å². The number of hydrogen-bond donors (Lipinski definition) is 2. The minimum atomic E-state index is -0.314. The van der Waals surface area contributed by atoms with Crippen LogP contribution in [-0.4, -0.2) is 48.1 Å². The zero-order valence-electron chi connectivity index (χ0n) is 20.2. The van der Waals surface area contributed by atoms with Gasteiger partial charge in [0.25, 0.3) is 5.91 Å². The number of hydrogen-bond acceptors (Lipinski definition) is 4. The van der Waals surface area contributed by atoms with Gasteiger partial charge >= 0.3 is 0 Å². The number of ether oxygens (including phenoxy) is 1. The number of aryl methyl sites for hydroxylation is 1. The van der Waals surface area contributed by atoms with E-state index in [9.17, 15) is 4.79 Å². The van der Waals surface area contributed by atoms with Crippen molar-refractivity contribution in [3.63, 3.8) is 0 Å². The van der Waals surface area contributed by atoms with Crippen molar-refractivity contribution in [1.29, 1.82) is 0 Å². The Balaban J connectivity index is 1.49. The van der Waals surface area contributed by atoms with E-state index in [-0.39, 0.29) is 18.3 Å². The van der Waals surface area contributed by atoms with Crippen LogP contribution in [0.2, 0.25) is 0 Å². The summed E-state index contributed by atoms with van der Waals surface area (Å²) in [6.07, 6.45) is 1.49. The first-order valence-electron chi connectivity index (χ1n) is 12.0. The number of benzene rings is 3. The van der Waals surface area contributed by atoms with E-state index in [0.717, 1.165) is 38.3 Å². The molecule has 3 aromatic rings. The van der Waals surface area contributed by atoms with Gasteiger partial charge < -0.3 is 15.0 Å². The molecular weight excluding hydrogens is 436 g/mol. The standard InChI is InChI=1S/C29H32N4O2/c1-23-9-8-12-25(19-23)21-32-15-17-33(18-16-32)27(20-30)28(35-22-24-10-4-2-5-11-24)29(34)31-26-13-6-3-7-14-26/h2-14,19-20,30H,15-18,21-22H2,1H3,(H,31,34)/p+1/b28-27-,30-20?. The first kappa shape index (κ1) is 24.2. The van der Waals surface area contributed by atoms with Gasteiger partial charge in [-0.05, 0) is 30.2 Å². The first-order valence-corrected chi connectivity index (χ1v) is 12.0. The smallest absolute Gasteiger partial charge is 0.293 e. The zero-order chi connectivity index (χ0) is 24.5. The number of rotatable bonds is 9. The van der Waals surface area contributed by atoms with Gasteiger partial charge in [0.05, 0.1) is 0 Å². The van der Waals surface area contributed by atoms with Crippen molar-refractivity contribution in [2.24, 2.45) is 0 Å². The lowest BCUT2D eigenvalue weighted by atomic mass is 10.1.